The Balaban J connectivity index is 2.02. The van der Waals surface area contributed by atoms with Crippen LogP contribution >= 0.6 is 0 Å². The molecule has 6 heteroatoms. The highest BCUT2D eigenvalue weighted by Crippen LogP contribution is 2.26. The molecule has 1 amide bonds. The summed E-state index contributed by atoms with van der Waals surface area (Å²) in [5.74, 6) is 0.689. The average Bonchev–Trinajstić information content (AvgIpc) is 2.91. The molecule has 0 aliphatic rings. The summed E-state index contributed by atoms with van der Waals surface area (Å²) in [4.78, 5) is 15.8. The number of nitrogens with zero attached hydrogens (tertiary/aromatic N) is 2. The van der Waals surface area contributed by atoms with E-state index < -0.39 is 6.10 Å². The number of hydrogen-bond acceptors (Lipinski definition) is 4. The van der Waals surface area contributed by atoms with E-state index in [2.05, 4.69) is 41.3 Å². The van der Waals surface area contributed by atoms with Gasteiger partial charge in [-0.1, -0.05) is 32.9 Å². The lowest BCUT2D eigenvalue weighted by Gasteiger charge is -2.20. The second-order valence-electron chi connectivity index (χ2n) is 5.86. The number of nitrogens with one attached hydrogen (secondary N) is 2. The van der Waals surface area contributed by atoms with Crippen LogP contribution in [0.3, 0.4) is 0 Å². The van der Waals surface area contributed by atoms with Crippen molar-refractivity contribution in [3.8, 4) is 5.75 Å². The number of ether oxygens (including phenoxy) is 1. The number of anilines is 1. The molecule has 0 radical (unpaired) electrons. The highest BCUT2D eigenvalue weighted by atomic mass is 16.5. The van der Waals surface area contributed by atoms with Gasteiger partial charge in [-0.15, -0.1) is 0 Å². The van der Waals surface area contributed by atoms with Crippen molar-refractivity contribution in [2.75, 3.05) is 5.32 Å². The van der Waals surface area contributed by atoms with E-state index in [1.54, 1.807) is 6.92 Å². The zero-order valence-electron chi connectivity index (χ0n) is 12.7. The smallest absolute Gasteiger partial charge is 0.267 e. The monoisotopic (exact) mass is 288 g/mol. The van der Waals surface area contributed by atoms with Gasteiger partial charge in [-0.2, -0.15) is 10.1 Å². The summed E-state index contributed by atoms with van der Waals surface area (Å²) in [6.45, 7) is 8.08. The maximum absolute atomic E-state index is 12.0. The lowest BCUT2D eigenvalue weighted by Crippen LogP contribution is -2.30. The summed E-state index contributed by atoms with van der Waals surface area (Å²) in [6.07, 6.45) is 0.693. The fourth-order valence-corrected chi connectivity index (χ4v) is 1.78. The minimum Gasteiger partial charge on any atom is -0.481 e. The van der Waals surface area contributed by atoms with E-state index in [0.717, 1.165) is 5.56 Å². The van der Waals surface area contributed by atoms with Gasteiger partial charge in [0.2, 0.25) is 5.95 Å². The van der Waals surface area contributed by atoms with E-state index in [0.29, 0.717) is 11.7 Å². The Labute approximate surface area is 123 Å². The SMILES string of the molecule is CC(Oc1cccc(C(C)(C)C)c1)C(=O)Nc1ncn[nH]1. The van der Waals surface area contributed by atoms with E-state index in [9.17, 15) is 4.79 Å². The van der Waals surface area contributed by atoms with Crippen LogP contribution in [0.2, 0.25) is 0 Å². The number of amides is 1. The summed E-state index contributed by atoms with van der Waals surface area (Å²) in [5.41, 5.74) is 1.19. The zero-order valence-corrected chi connectivity index (χ0v) is 12.7. The Bertz CT molecular complexity index is 602. The van der Waals surface area contributed by atoms with Gasteiger partial charge in [0.25, 0.3) is 5.91 Å². The highest BCUT2D eigenvalue weighted by molar-refractivity contribution is 5.92. The number of aromatic nitrogens is 3. The molecule has 1 unspecified atom stereocenters. The number of rotatable bonds is 4. The minimum absolute atomic E-state index is 0.0324. The number of aromatic amines is 1. The van der Waals surface area contributed by atoms with Gasteiger partial charge < -0.3 is 4.74 Å². The van der Waals surface area contributed by atoms with Gasteiger partial charge in [0.05, 0.1) is 0 Å². The Hall–Kier alpha value is -2.37. The predicted octanol–water partition coefficient (Wildman–Crippen LogP) is 2.51. The van der Waals surface area contributed by atoms with Crippen LogP contribution in [0.5, 0.6) is 5.75 Å². The van der Waals surface area contributed by atoms with Crippen LogP contribution < -0.4 is 10.1 Å². The predicted molar refractivity (Wildman–Crippen MR) is 80.2 cm³/mol. The van der Waals surface area contributed by atoms with Crippen molar-refractivity contribution in [1.29, 1.82) is 0 Å². The number of carbonyl (C=O) groups excluding carboxylic acids is 1. The lowest BCUT2D eigenvalue weighted by atomic mass is 9.87. The number of hydrogen-bond donors (Lipinski definition) is 2. The molecule has 2 rings (SSSR count). The van der Waals surface area contributed by atoms with Gasteiger partial charge in [-0.3, -0.25) is 10.1 Å². The van der Waals surface area contributed by atoms with Crippen LogP contribution in [0.15, 0.2) is 30.6 Å². The quantitative estimate of drug-likeness (QED) is 0.906. The number of H-pyrrole nitrogens is 1. The van der Waals surface area contributed by atoms with Gasteiger partial charge in [-0.05, 0) is 30.0 Å². The second-order valence-corrected chi connectivity index (χ2v) is 5.86. The molecule has 0 aliphatic carbocycles. The third kappa shape index (κ3) is 4.05. The van der Waals surface area contributed by atoms with Gasteiger partial charge in [0, 0.05) is 0 Å². The molecule has 0 bridgehead atoms. The summed E-state index contributed by atoms with van der Waals surface area (Å²) >= 11 is 0. The first-order valence-corrected chi connectivity index (χ1v) is 6.79. The highest BCUT2D eigenvalue weighted by Gasteiger charge is 2.18. The Kier molecular flexibility index (Phi) is 4.26. The molecule has 0 saturated carbocycles. The molecule has 0 spiro atoms. The molecule has 112 valence electrons. The van der Waals surface area contributed by atoms with Crippen molar-refractivity contribution >= 4 is 11.9 Å². The molecule has 1 aromatic heterocycles. The summed E-state index contributed by atoms with van der Waals surface area (Å²) in [5, 5.41) is 8.83. The van der Waals surface area contributed by atoms with Gasteiger partial charge in [0.15, 0.2) is 6.10 Å². The fourth-order valence-electron chi connectivity index (χ4n) is 1.78. The molecule has 21 heavy (non-hydrogen) atoms. The Morgan fingerprint density at radius 1 is 1.38 bits per heavy atom. The van der Waals surface area contributed by atoms with Crippen LogP contribution in [0, 0.1) is 0 Å². The summed E-state index contributed by atoms with van der Waals surface area (Å²) in [7, 11) is 0. The third-order valence-electron chi connectivity index (χ3n) is 3.04. The van der Waals surface area contributed by atoms with Crippen molar-refractivity contribution in [1.82, 2.24) is 15.2 Å². The molecule has 1 aromatic carbocycles. The summed E-state index contributed by atoms with van der Waals surface area (Å²) in [6, 6.07) is 7.77. The molecule has 1 atom stereocenters. The number of carbonyl (C=O) groups is 1. The molecular formula is C15H20N4O2. The van der Waals surface area contributed by atoms with Gasteiger partial charge in [-0.25, -0.2) is 5.10 Å². The van der Waals surface area contributed by atoms with Gasteiger partial charge >= 0.3 is 0 Å². The molecular weight excluding hydrogens is 268 g/mol. The van der Waals surface area contributed by atoms with Crippen molar-refractivity contribution in [2.45, 2.75) is 39.2 Å². The van der Waals surface area contributed by atoms with E-state index >= 15 is 0 Å². The second kappa shape index (κ2) is 5.95. The minimum atomic E-state index is -0.634. The summed E-state index contributed by atoms with van der Waals surface area (Å²) < 4.78 is 5.69. The van der Waals surface area contributed by atoms with E-state index in [1.807, 2.05) is 24.3 Å². The average molecular weight is 288 g/mol. The van der Waals surface area contributed by atoms with Crippen LogP contribution in [0.1, 0.15) is 33.3 Å². The topological polar surface area (TPSA) is 79.9 Å². The van der Waals surface area contributed by atoms with Crippen LogP contribution in [0.25, 0.3) is 0 Å². The van der Waals surface area contributed by atoms with E-state index in [1.165, 1.54) is 6.33 Å². The van der Waals surface area contributed by atoms with Crippen LogP contribution in [-0.2, 0) is 10.2 Å². The molecule has 6 nitrogen and oxygen atoms in total. The molecule has 0 aliphatic heterocycles. The zero-order chi connectivity index (χ0) is 15.5. The molecule has 0 saturated heterocycles. The first-order valence-electron chi connectivity index (χ1n) is 6.79. The first kappa shape index (κ1) is 15.0. The Morgan fingerprint density at radius 2 is 2.14 bits per heavy atom. The molecule has 2 N–H and O–H groups in total. The maximum Gasteiger partial charge on any atom is 0.267 e. The van der Waals surface area contributed by atoms with Gasteiger partial charge in [0.1, 0.15) is 12.1 Å². The molecule has 1 heterocycles. The first-order chi connectivity index (χ1) is 9.86. The van der Waals surface area contributed by atoms with E-state index in [-0.39, 0.29) is 11.3 Å². The number of benzene rings is 1. The largest absolute Gasteiger partial charge is 0.481 e. The van der Waals surface area contributed by atoms with Crippen LogP contribution in [0.4, 0.5) is 5.95 Å². The molecule has 0 fully saturated rings. The van der Waals surface area contributed by atoms with E-state index in [4.69, 9.17) is 4.74 Å². The lowest BCUT2D eigenvalue weighted by molar-refractivity contribution is -0.122. The Morgan fingerprint density at radius 3 is 2.76 bits per heavy atom. The maximum atomic E-state index is 12.0. The van der Waals surface area contributed by atoms with Crippen molar-refractivity contribution in [3.05, 3.63) is 36.2 Å². The van der Waals surface area contributed by atoms with Crippen molar-refractivity contribution < 1.29 is 9.53 Å². The van der Waals surface area contributed by atoms with Crippen molar-refractivity contribution in [2.24, 2.45) is 0 Å². The standard InChI is InChI=1S/C15H20N4O2/c1-10(13(20)18-14-16-9-17-19-14)21-12-7-5-6-11(8-12)15(2,3)4/h5-10H,1-4H3,(H2,16,17,18,19,20). The fraction of sp³-hybridized carbons (Fsp3) is 0.400. The third-order valence-corrected chi connectivity index (χ3v) is 3.04. The van der Waals surface area contributed by atoms with Crippen molar-refractivity contribution in [3.63, 3.8) is 0 Å². The molecule has 2 aromatic rings. The normalized spacial score (nSPS) is 12.8. The van der Waals surface area contributed by atoms with Crippen LogP contribution in [-0.4, -0.2) is 27.2 Å².